The summed E-state index contributed by atoms with van der Waals surface area (Å²) in [7, 11) is 0. The lowest BCUT2D eigenvalue weighted by atomic mass is 9.63. The first-order valence-corrected chi connectivity index (χ1v) is 10.0. The summed E-state index contributed by atoms with van der Waals surface area (Å²) in [6.45, 7) is 0.0722. The molecule has 2 aromatic heterocycles. The van der Waals surface area contributed by atoms with E-state index < -0.39 is 35.9 Å². The van der Waals surface area contributed by atoms with Crippen LogP contribution in [0.4, 0.5) is 19.1 Å². The van der Waals surface area contributed by atoms with Gasteiger partial charge in [0.05, 0.1) is 23.3 Å². The molecule has 0 radical (unpaired) electrons. The summed E-state index contributed by atoms with van der Waals surface area (Å²) in [5, 5.41) is 11.1. The Morgan fingerprint density at radius 1 is 1.19 bits per heavy atom. The average Bonchev–Trinajstić information content (AvgIpc) is 2.72. The molecular formula is C21H18ClF3N6O. The number of benzene rings is 1. The second-order valence-corrected chi connectivity index (χ2v) is 8.21. The van der Waals surface area contributed by atoms with Gasteiger partial charge in [0, 0.05) is 36.6 Å². The number of halogens is 4. The van der Waals surface area contributed by atoms with Gasteiger partial charge in [0.1, 0.15) is 11.5 Å². The topological polar surface area (TPSA) is 107 Å². The van der Waals surface area contributed by atoms with E-state index in [1.165, 1.54) is 30.6 Å². The zero-order valence-corrected chi connectivity index (χ0v) is 17.4. The zero-order valence-electron chi connectivity index (χ0n) is 16.7. The van der Waals surface area contributed by atoms with E-state index in [4.69, 9.17) is 17.3 Å². The van der Waals surface area contributed by atoms with Crippen LogP contribution in [0.3, 0.4) is 0 Å². The van der Waals surface area contributed by atoms with Crippen molar-refractivity contribution in [1.82, 2.24) is 20.2 Å². The number of amides is 1. The summed E-state index contributed by atoms with van der Waals surface area (Å²) in [5.41, 5.74) is 5.39. The average molecular weight is 463 g/mol. The van der Waals surface area contributed by atoms with Crippen molar-refractivity contribution in [2.75, 3.05) is 11.9 Å². The van der Waals surface area contributed by atoms with Crippen molar-refractivity contribution >= 4 is 23.5 Å². The van der Waals surface area contributed by atoms with Crippen LogP contribution in [0.5, 0.6) is 0 Å². The molecule has 0 unspecified atom stereocenters. The number of primary amides is 1. The second kappa shape index (κ2) is 8.34. The van der Waals surface area contributed by atoms with Crippen molar-refractivity contribution < 1.29 is 18.0 Å². The van der Waals surface area contributed by atoms with Crippen LogP contribution >= 0.6 is 11.6 Å². The van der Waals surface area contributed by atoms with E-state index in [1.807, 2.05) is 0 Å². The summed E-state index contributed by atoms with van der Waals surface area (Å²) in [4.78, 5) is 19.4. The number of hydrogen-bond donors (Lipinski definition) is 2. The molecule has 4 rings (SSSR count). The first kappa shape index (κ1) is 21.9. The van der Waals surface area contributed by atoms with Crippen LogP contribution < -0.4 is 11.1 Å². The van der Waals surface area contributed by atoms with Gasteiger partial charge in [-0.05, 0) is 29.8 Å². The molecule has 0 atom stereocenters. The Bertz CT molecular complexity index is 1150. The quantitative estimate of drug-likeness (QED) is 0.556. The molecule has 1 aromatic carbocycles. The lowest BCUT2D eigenvalue weighted by molar-refractivity contribution is -0.123. The molecule has 166 valence electrons. The summed E-state index contributed by atoms with van der Waals surface area (Å²) in [5.74, 6) is -3.83. The van der Waals surface area contributed by atoms with E-state index in [0.717, 1.165) is 0 Å². The highest BCUT2D eigenvalue weighted by atomic mass is 35.5. The lowest BCUT2D eigenvalue weighted by Crippen LogP contribution is -2.54. The predicted octanol–water partition coefficient (Wildman–Crippen LogP) is 3.53. The van der Waals surface area contributed by atoms with Crippen LogP contribution in [0.2, 0.25) is 5.02 Å². The Labute approximate surface area is 186 Å². The summed E-state index contributed by atoms with van der Waals surface area (Å²) in [6.07, 6.45) is 1.95. The van der Waals surface area contributed by atoms with E-state index in [0.29, 0.717) is 16.3 Å². The van der Waals surface area contributed by atoms with Crippen molar-refractivity contribution in [3.63, 3.8) is 0 Å². The highest BCUT2D eigenvalue weighted by Gasteiger charge is 2.58. The predicted molar refractivity (Wildman–Crippen MR) is 112 cm³/mol. The van der Waals surface area contributed by atoms with Gasteiger partial charge in [0.25, 0.3) is 0 Å². The SMILES string of the molecule is NC(=O)Cc1ccc(F)c(-c2cnc(NCC3(c4ncccc4Cl)CC(F)(F)C3)nn2)c1. The Hall–Kier alpha value is -3.27. The lowest BCUT2D eigenvalue weighted by Gasteiger charge is -2.47. The van der Waals surface area contributed by atoms with Crippen molar-refractivity contribution in [2.45, 2.75) is 30.6 Å². The second-order valence-electron chi connectivity index (χ2n) is 7.80. The smallest absolute Gasteiger partial charge is 0.250 e. The molecule has 1 aliphatic rings. The van der Waals surface area contributed by atoms with E-state index in [1.54, 1.807) is 12.1 Å². The molecule has 0 aliphatic heterocycles. The Morgan fingerprint density at radius 2 is 1.97 bits per heavy atom. The molecule has 0 bridgehead atoms. The van der Waals surface area contributed by atoms with Gasteiger partial charge in [-0.15, -0.1) is 10.2 Å². The van der Waals surface area contributed by atoms with Crippen molar-refractivity contribution in [2.24, 2.45) is 5.73 Å². The maximum atomic E-state index is 14.2. The van der Waals surface area contributed by atoms with Crippen LogP contribution in [0, 0.1) is 5.82 Å². The number of aromatic nitrogens is 4. The molecule has 2 heterocycles. The largest absolute Gasteiger partial charge is 0.369 e. The number of pyridine rings is 1. The van der Waals surface area contributed by atoms with Gasteiger partial charge in [-0.3, -0.25) is 9.78 Å². The van der Waals surface area contributed by atoms with Crippen LogP contribution in [0.1, 0.15) is 24.1 Å². The van der Waals surface area contributed by atoms with Crippen LogP contribution in [-0.4, -0.2) is 38.5 Å². The Kier molecular flexibility index (Phi) is 5.72. The molecule has 32 heavy (non-hydrogen) atoms. The summed E-state index contributed by atoms with van der Waals surface area (Å²) >= 11 is 6.20. The van der Waals surface area contributed by atoms with Crippen LogP contribution in [0.25, 0.3) is 11.3 Å². The number of alkyl halides is 2. The number of carbonyl (C=O) groups is 1. The highest BCUT2D eigenvalue weighted by Crippen LogP contribution is 2.54. The van der Waals surface area contributed by atoms with Gasteiger partial charge in [-0.2, -0.15) is 0 Å². The maximum Gasteiger partial charge on any atom is 0.250 e. The molecule has 1 amide bonds. The molecule has 7 nitrogen and oxygen atoms in total. The van der Waals surface area contributed by atoms with Crippen molar-refractivity contribution in [3.8, 4) is 11.3 Å². The van der Waals surface area contributed by atoms with Crippen LogP contribution in [-0.2, 0) is 16.6 Å². The van der Waals surface area contributed by atoms with E-state index in [9.17, 15) is 18.0 Å². The third-order valence-corrected chi connectivity index (χ3v) is 5.59. The standard InChI is InChI=1S/C21H18ClF3N6O/c22-14-2-1-5-27-18(14)20(9-21(24,25)10-20)11-29-19-28-8-16(30-31-19)13-6-12(7-17(26)32)3-4-15(13)23/h1-6,8H,7,9-11H2,(H2,26,32)(H,28,29,31). The zero-order chi connectivity index (χ0) is 22.9. The molecule has 11 heteroatoms. The third kappa shape index (κ3) is 4.50. The van der Waals surface area contributed by atoms with Gasteiger partial charge in [0.15, 0.2) is 0 Å². The number of rotatable bonds is 7. The number of anilines is 1. The normalized spacial score (nSPS) is 16.2. The minimum atomic E-state index is -2.81. The molecule has 0 spiro atoms. The fourth-order valence-electron chi connectivity index (χ4n) is 3.90. The fourth-order valence-corrected chi connectivity index (χ4v) is 4.22. The monoisotopic (exact) mass is 462 g/mol. The van der Waals surface area contributed by atoms with Gasteiger partial charge in [-0.1, -0.05) is 17.7 Å². The molecule has 3 N–H and O–H groups in total. The molecular weight excluding hydrogens is 445 g/mol. The van der Waals surface area contributed by atoms with Gasteiger partial charge in [0.2, 0.25) is 17.8 Å². The number of nitrogens with two attached hydrogens (primary N) is 1. The number of nitrogens with one attached hydrogen (secondary N) is 1. The summed E-state index contributed by atoms with van der Waals surface area (Å²) in [6, 6.07) is 7.35. The van der Waals surface area contributed by atoms with E-state index >= 15 is 0 Å². The fraction of sp³-hybridized carbons (Fsp3) is 0.286. The van der Waals surface area contributed by atoms with E-state index in [-0.39, 0.29) is 30.2 Å². The summed E-state index contributed by atoms with van der Waals surface area (Å²) < 4.78 is 41.8. The minimum Gasteiger partial charge on any atom is -0.369 e. The molecule has 1 saturated carbocycles. The Morgan fingerprint density at radius 3 is 2.59 bits per heavy atom. The molecule has 1 aliphatic carbocycles. The molecule has 1 fully saturated rings. The first-order valence-electron chi connectivity index (χ1n) is 9.67. The highest BCUT2D eigenvalue weighted by molar-refractivity contribution is 6.31. The Balaban J connectivity index is 1.52. The van der Waals surface area contributed by atoms with E-state index in [2.05, 4.69) is 25.5 Å². The number of carbonyl (C=O) groups excluding carboxylic acids is 1. The van der Waals surface area contributed by atoms with Gasteiger partial charge >= 0.3 is 0 Å². The molecule has 0 saturated heterocycles. The van der Waals surface area contributed by atoms with Gasteiger partial charge < -0.3 is 11.1 Å². The third-order valence-electron chi connectivity index (χ3n) is 5.29. The van der Waals surface area contributed by atoms with Crippen molar-refractivity contribution in [3.05, 3.63) is 64.8 Å². The first-order chi connectivity index (χ1) is 15.2. The van der Waals surface area contributed by atoms with Crippen LogP contribution in [0.15, 0.2) is 42.7 Å². The minimum absolute atomic E-state index is 0.0451. The maximum absolute atomic E-state index is 14.2. The molecule has 3 aromatic rings. The van der Waals surface area contributed by atoms with Crippen molar-refractivity contribution in [1.29, 1.82) is 0 Å². The van der Waals surface area contributed by atoms with Gasteiger partial charge in [-0.25, -0.2) is 18.2 Å². The number of nitrogens with zero attached hydrogens (tertiary/aromatic N) is 4. The number of hydrogen-bond acceptors (Lipinski definition) is 6.